The number of aromatic nitrogens is 1. The van der Waals surface area contributed by atoms with E-state index in [0.717, 1.165) is 6.42 Å². The largest absolute Gasteiger partial charge is 0.501 e. The van der Waals surface area contributed by atoms with Gasteiger partial charge in [-0.25, -0.2) is 4.79 Å². The highest BCUT2D eigenvalue weighted by molar-refractivity contribution is 6.19. The molecule has 22 heavy (non-hydrogen) atoms. The predicted molar refractivity (Wildman–Crippen MR) is 79.4 cm³/mol. The minimum Gasteiger partial charge on any atom is -0.501 e. The molecule has 1 aromatic heterocycles. The lowest BCUT2D eigenvalue weighted by Gasteiger charge is -2.06. The van der Waals surface area contributed by atoms with Gasteiger partial charge in [0.05, 0.1) is 18.5 Å². The Morgan fingerprint density at radius 1 is 1.41 bits per heavy atom. The molecule has 2 heterocycles. The van der Waals surface area contributed by atoms with Crippen LogP contribution in [0.1, 0.15) is 19.0 Å². The van der Waals surface area contributed by atoms with Crippen molar-refractivity contribution in [1.29, 1.82) is 0 Å². The summed E-state index contributed by atoms with van der Waals surface area (Å²) in [4.78, 5) is 15.7. The van der Waals surface area contributed by atoms with Gasteiger partial charge in [0.15, 0.2) is 5.76 Å². The van der Waals surface area contributed by atoms with Gasteiger partial charge >= 0.3 is 5.97 Å². The Balaban J connectivity index is 1.97. The Hall–Kier alpha value is -2.21. The predicted octanol–water partition coefficient (Wildman–Crippen LogP) is 2.84. The Kier molecular flexibility index (Phi) is 5.66. The number of rotatable bonds is 7. The number of cyclic esters (lactones) is 1. The van der Waals surface area contributed by atoms with Crippen LogP contribution in [0.25, 0.3) is 0 Å². The van der Waals surface area contributed by atoms with E-state index < -0.39 is 5.97 Å². The van der Waals surface area contributed by atoms with Crippen LogP contribution in [0.3, 0.4) is 0 Å². The van der Waals surface area contributed by atoms with E-state index in [4.69, 9.17) is 25.8 Å². The van der Waals surface area contributed by atoms with Gasteiger partial charge in [-0.1, -0.05) is 6.92 Å². The number of allylic oxidation sites excluding steroid dienone is 1. The highest BCUT2D eigenvalue weighted by atomic mass is 35.5. The summed E-state index contributed by atoms with van der Waals surface area (Å²) in [6.45, 7) is 2.67. The van der Waals surface area contributed by atoms with Crippen molar-refractivity contribution in [2.24, 2.45) is 0 Å². The minimum absolute atomic E-state index is 0.00581. The fourth-order valence-electron chi connectivity index (χ4n) is 1.69. The van der Waals surface area contributed by atoms with Crippen molar-refractivity contribution in [2.75, 3.05) is 12.5 Å². The fourth-order valence-corrected chi connectivity index (χ4v) is 1.83. The standard InChI is InChI=1S/C15H16ClNO5/c1-2-7-20-11-4-3-10(17-8-11)9-21-14-13(18)12(5-6-16)22-15(14)19/h3-5,8,18H,2,6-7,9H2,1H3/b12-5+. The molecule has 1 aliphatic rings. The van der Waals surface area contributed by atoms with Crippen molar-refractivity contribution >= 4 is 17.6 Å². The zero-order valence-electron chi connectivity index (χ0n) is 12.0. The Morgan fingerprint density at radius 3 is 2.86 bits per heavy atom. The Morgan fingerprint density at radius 2 is 2.23 bits per heavy atom. The number of esters is 1. The Bertz CT molecular complexity index is 594. The number of hydrogen-bond acceptors (Lipinski definition) is 6. The molecule has 7 heteroatoms. The second-order valence-corrected chi connectivity index (χ2v) is 4.72. The van der Waals surface area contributed by atoms with Crippen molar-refractivity contribution in [3.8, 4) is 5.75 Å². The topological polar surface area (TPSA) is 77.9 Å². The summed E-state index contributed by atoms with van der Waals surface area (Å²) in [5.41, 5.74) is 0.590. The second-order valence-electron chi connectivity index (χ2n) is 4.41. The number of aliphatic hydroxyl groups is 1. The molecule has 0 amide bonds. The van der Waals surface area contributed by atoms with Gasteiger partial charge in [0, 0.05) is 5.88 Å². The smallest absolute Gasteiger partial charge is 0.383 e. The van der Waals surface area contributed by atoms with E-state index in [0.29, 0.717) is 18.1 Å². The first-order valence-electron chi connectivity index (χ1n) is 6.78. The number of hydrogen-bond donors (Lipinski definition) is 1. The molecule has 0 aliphatic carbocycles. The normalized spacial score (nSPS) is 16.1. The van der Waals surface area contributed by atoms with Crippen molar-refractivity contribution in [1.82, 2.24) is 4.98 Å². The van der Waals surface area contributed by atoms with E-state index in [-0.39, 0.29) is 29.8 Å². The Labute approximate surface area is 133 Å². The zero-order valence-corrected chi connectivity index (χ0v) is 12.8. The van der Waals surface area contributed by atoms with Crippen molar-refractivity contribution < 1.29 is 24.1 Å². The molecule has 118 valence electrons. The SMILES string of the molecule is CCCOc1ccc(COC2=C(O)/C(=C\CCl)OC2=O)nc1. The van der Waals surface area contributed by atoms with E-state index in [2.05, 4.69) is 4.98 Å². The van der Waals surface area contributed by atoms with Crippen molar-refractivity contribution in [3.05, 3.63) is 47.4 Å². The molecule has 0 aromatic carbocycles. The summed E-state index contributed by atoms with van der Waals surface area (Å²) < 4.78 is 15.5. The van der Waals surface area contributed by atoms with E-state index >= 15 is 0 Å². The molecule has 2 rings (SSSR count). The molecule has 0 bridgehead atoms. The molecule has 0 saturated heterocycles. The first kappa shape index (κ1) is 16.2. The van der Waals surface area contributed by atoms with E-state index in [1.807, 2.05) is 6.92 Å². The lowest BCUT2D eigenvalue weighted by Crippen LogP contribution is -2.05. The molecule has 0 radical (unpaired) electrons. The number of carbonyl (C=O) groups is 1. The van der Waals surface area contributed by atoms with Crippen LogP contribution in [0, 0.1) is 0 Å². The highest BCUT2D eigenvalue weighted by Gasteiger charge is 2.31. The highest BCUT2D eigenvalue weighted by Crippen LogP contribution is 2.25. The third-order valence-electron chi connectivity index (χ3n) is 2.73. The summed E-state index contributed by atoms with van der Waals surface area (Å²) in [6, 6.07) is 3.49. The average molecular weight is 326 g/mol. The van der Waals surface area contributed by atoms with Gasteiger partial charge in [0.1, 0.15) is 12.4 Å². The maximum absolute atomic E-state index is 11.6. The quantitative estimate of drug-likeness (QED) is 0.613. The molecule has 0 unspecified atom stereocenters. The third kappa shape index (κ3) is 3.92. The van der Waals surface area contributed by atoms with Gasteiger partial charge in [0.25, 0.3) is 5.76 Å². The van der Waals surface area contributed by atoms with Crippen LogP contribution in [0.15, 0.2) is 41.7 Å². The third-order valence-corrected chi connectivity index (χ3v) is 2.89. The molecular weight excluding hydrogens is 310 g/mol. The molecule has 0 saturated carbocycles. The van der Waals surface area contributed by atoms with E-state index in [1.54, 1.807) is 18.3 Å². The zero-order chi connectivity index (χ0) is 15.9. The van der Waals surface area contributed by atoms with Crippen molar-refractivity contribution in [2.45, 2.75) is 20.0 Å². The van der Waals surface area contributed by atoms with E-state index in [1.165, 1.54) is 6.08 Å². The molecule has 0 fully saturated rings. The molecule has 0 atom stereocenters. The summed E-state index contributed by atoms with van der Waals surface area (Å²) in [7, 11) is 0. The van der Waals surface area contributed by atoms with Crippen LogP contribution in [-0.4, -0.2) is 28.5 Å². The average Bonchev–Trinajstić information content (AvgIpc) is 2.79. The molecule has 1 N–H and O–H groups in total. The number of nitrogens with zero attached hydrogens (tertiary/aromatic N) is 1. The monoisotopic (exact) mass is 325 g/mol. The minimum atomic E-state index is -0.753. The van der Waals surface area contributed by atoms with Gasteiger partial charge in [0.2, 0.25) is 5.76 Å². The maximum atomic E-state index is 11.6. The van der Waals surface area contributed by atoms with Gasteiger partial charge in [-0.3, -0.25) is 4.98 Å². The van der Waals surface area contributed by atoms with Crippen LogP contribution < -0.4 is 4.74 Å². The first-order valence-corrected chi connectivity index (χ1v) is 7.31. The van der Waals surface area contributed by atoms with Gasteiger partial charge < -0.3 is 19.3 Å². The van der Waals surface area contributed by atoms with Crippen LogP contribution in [0.5, 0.6) is 5.75 Å². The fraction of sp³-hybridized carbons (Fsp3) is 0.333. The van der Waals surface area contributed by atoms with Crippen LogP contribution in [-0.2, 0) is 20.9 Å². The molecule has 0 spiro atoms. The van der Waals surface area contributed by atoms with Gasteiger partial charge in [-0.2, -0.15) is 0 Å². The molecular formula is C15H16ClNO5. The van der Waals surface area contributed by atoms with Crippen molar-refractivity contribution in [3.63, 3.8) is 0 Å². The summed E-state index contributed by atoms with van der Waals surface area (Å²) in [5, 5.41) is 9.81. The van der Waals surface area contributed by atoms with Gasteiger partial charge in [-0.15, -0.1) is 11.6 Å². The number of pyridine rings is 1. The summed E-state index contributed by atoms with van der Waals surface area (Å²) >= 11 is 5.50. The molecule has 6 nitrogen and oxygen atoms in total. The van der Waals surface area contributed by atoms with Crippen LogP contribution in [0.4, 0.5) is 0 Å². The molecule has 1 aromatic rings. The number of alkyl halides is 1. The number of halogens is 1. The van der Waals surface area contributed by atoms with Gasteiger partial charge in [-0.05, 0) is 24.6 Å². The maximum Gasteiger partial charge on any atom is 0.383 e. The summed E-state index contributed by atoms with van der Waals surface area (Å²) in [6.07, 6.45) is 3.87. The number of aliphatic hydroxyl groups excluding tert-OH is 1. The molecule has 1 aliphatic heterocycles. The lowest BCUT2D eigenvalue weighted by atomic mass is 10.3. The van der Waals surface area contributed by atoms with Crippen LogP contribution in [0.2, 0.25) is 0 Å². The number of carbonyl (C=O) groups excluding carboxylic acids is 1. The van der Waals surface area contributed by atoms with E-state index in [9.17, 15) is 9.90 Å². The second kappa shape index (κ2) is 7.70. The van der Waals surface area contributed by atoms with Crippen LogP contribution >= 0.6 is 11.6 Å². The first-order chi connectivity index (χ1) is 10.7. The number of ether oxygens (including phenoxy) is 3. The summed E-state index contributed by atoms with van der Waals surface area (Å²) in [5.74, 6) is -0.567. The lowest BCUT2D eigenvalue weighted by molar-refractivity contribution is -0.136.